The van der Waals surface area contributed by atoms with Gasteiger partial charge in [-0.25, -0.2) is 0 Å². The van der Waals surface area contributed by atoms with E-state index in [2.05, 4.69) is 26.6 Å². The van der Waals surface area contributed by atoms with Crippen LogP contribution in [-0.2, 0) is 9.59 Å². The number of hydrogen-bond donors (Lipinski definition) is 2. The molecule has 1 atom stereocenters. The number of nitrogens with zero attached hydrogens (tertiary/aromatic N) is 1. The maximum Gasteiger partial charge on any atom is 0.227 e. The van der Waals surface area contributed by atoms with E-state index < -0.39 is 0 Å². The lowest BCUT2D eigenvalue weighted by molar-refractivity contribution is -0.126. The zero-order valence-electron chi connectivity index (χ0n) is 12.3. The largest absolute Gasteiger partial charge is 0.355 e. The van der Waals surface area contributed by atoms with Gasteiger partial charge in [0.05, 0.1) is 5.92 Å². The molecule has 0 spiro atoms. The average Bonchev–Trinajstić information content (AvgIpc) is 2.84. The molecule has 0 radical (unpaired) electrons. The normalized spacial score (nSPS) is 18.1. The molecule has 0 aliphatic carbocycles. The van der Waals surface area contributed by atoms with Crippen molar-refractivity contribution in [1.29, 1.82) is 0 Å². The number of nitrogens with one attached hydrogen (secondary N) is 2. The van der Waals surface area contributed by atoms with Crippen LogP contribution in [-0.4, -0.2) is 38.5 Å². The summed E-state index contributed by atoms with van der Waals surface area (Å²) in [5.74, 6) is -0.307. The van der Waals surface area contributed by atoms with Gasteiger partial charge in [0.2, 0.25) is 11.8 Å². The SMILES string of the molecule is CNCCNC(=O)C1CC(=O)N(c2ccc(Br)c(C)c2)C1. The smallest absolute Gasteiger partial charge is 0.227 e. The molecular weight excluding hydrogens is 334 g/mol. The van der Waals surface area contributed by atoms with Gasteiger partial charge in [0, 0.05) is 36.2 Å². The van der Waals surface area contributed by atoms with Crippen LogP contribution in [0.1, 0.15) is 12.0 Å². The Morgan fingerprint density at radius 3 is 2.86 bits per heavy atom. The highest BCUT2D eigenvalue weighted by Gasteiger charge is 2.34. The zero-order valence-corrected chi connectivity index (χ0v) is 13.9. The number of halogens is 1. The summed E-state index contributed by atoms with van der Waals surface area (Å²) in [6.45, 7) is 3.74. The molecule has 0 bridgehead atoms. The Balaban J connectivity index is 2.02. The molecule has 2 N–H and O–H groups in total. The molecule has 0 saturated carbocycles. The van der Waals surface area contributed by atoms with Gasteiger partial charge in [0.25, 0.3) is 0 Å². The Hall–Kier alpha value is -1.40. The minimum absolute atomic E-state index is 0.00508. The molecular formula is C15H20BrN3O2. The van der Waals surface area contributed by atoms with E-state index in [-0.39, 0.29) is 24.2 Å². The highest BCUT2D eigenvalue weighted by Crippen LogP contribution is 2.28. The summed E-state index contributed by atoms with van der Waals surface area (Å²) in [6, 6.07) is 5.79. The topological polar surface area (TPSA) is 61.4 Å². The molecule has 0 aromatic heterocycles. The Bertz CT molecular complexity index is 548. The number of hydrogen-bond acceptors (Lipinski definition) is 3. The standard InChI is InChI=1S/C15H20BrN3O2/c1-10-7-12(3-4-13(10)16)19-9-11(8-14(19)20)15(21)18-6-5-17-2/h3-4,7,11,17H,5-6,8-9H2,1-2H3,(H,18,21). The fourth-order valence-electron chi connectivity index (χ4n) is 2.38. The highest BCUT2D eigenvalue weighted by atomic mass is 79.9. The molecule has 2 rings (SSSR count). The summed E-state index contributed by atoms with van der Waals surface area (Å²) >= 11 is 3.45. The van der Waals surface area contributed by atoms with Crippen LogP contribution < -0.4 is 15.5 Å². The molecule has 21 heavy (non-hydrogen) atoms. The second-order valence-corrected chi connectivity index (χ2v) is 6.09. The lowest BCUT2D eigenvalue weighted by Crippen LogP contribution is -2.36. The van der Waals surface area contributed by atoms with E-state index in [1.807, 2.05) is 32.2 Å². The van der Waals surface area contributed by atoms with Crippen LogP contribution >= 0.6 is 15.9 Å². The molecule has 114 valence electrons. The van der Waals surface area contributed by atoms with Crippen LogP contribution in [0.25, 0.3) is 0 Å². The van der Waals surface area contributed by atoms with Gasteiger partial charge in [-0.2, -0.15) is 0 Å². The molecule has 2 amide bonds. The van der Waals surface area contributed by atoms with Crippen LogP contribution in [0.15, 0.2) is 22.7 Å². The van der Waals surface area contributed by atoms with E-state index in [1.54, 1.807) is 4.90 Å². The van der Waals surface area contributed by atoms with Gasteiger partial charge in [0.1, 0.15) is 0 Å². The van der Waals surface area contributed by atoms with E-state index in [1.165, 1.54) is 0 Å². The van der Waals surface area contributed by atoms with E-state index in [9.17, 15) is 9.59 Å². The fourth-order valence-corrected chi connectivity index (χ4v) is 2.63. The van der Waals surface area contributed by atoms with Crippen molar-refractivity contribution in [3.8, 4) is 0 Å². The van der Waals surface area contributed by atoms with Gasteiger partial charge in [0.15, 0.2) is 0 Å². The molecule has 6 heteroatoms. The van der Waals surface area contributed by atoms with Gasteiger partial charge < -0.3 is 15.5 Å². The van der Waals surface area contributed by atoms with Crippen LogP contribution in [0.2, 0.25) is 0 Å². The molecule has 1 aromatic carbocycles. The molecule has 1 unspecified atom stereocenters. The molecule has 5 nitrogen and oxygen atoms in total. The van der Waals surface area contributed by atoms with Crippen molar-refractivity contribution in [3.63, 3.8) is 0 Å². The van der Waals surface area contributed by atoms with Crippen molar-refractivity contribution in [3.05, 3.63) is 28.2 Å². The second kappa shape index (κ2) is 7.04. The van der Waals surface area contributed by atoms with Crippen molar-refractivity contribution in [2.45, 2.75) is 13.3 Å². The quantitative estimate of drug-likeness (QED) is 0.787. The van der Waals surface area contributed by atoms with E-state index in [4.69, 9.17) is 0 Å². The summed E-state index contributed by atoms with van der Waals surface area (Å²) < 4.78 is 1.01. The number of likely N-dealkylation sites (N-methyl/N-ethyl adjacent to an activating group) is 1. The highest BCUT2D eigenvalue weighted by molar-refractivity contribution is 9.10. The summed E-state index contributed by atoms with van der Waals surface area (Å²) in [4.78, 5) is 25.9. The number of carbonyl (C=O) groups is 2. The Morgan fingerprint density at radius 1 is 1.43 bits per heavy atom. The molecule has 1 aromatic rings. The van der Waals surface area contributed by atoms with Gasteiger partial charge in [-0.15, -0.1) is 0 Å². The third kappa shape index (κ3) is 3.83. The van der Waals surface area contributed by atoms with Crippen LogP contribution in [0.4, 0.5) is 5.69 Å². The average molecular weight is 354 g/mol. The number of rotatable bonds is 5. The van der Waals surface area contributed by atoms with Crippen molar-refractivity contribution < 1.29 is 9.59 Å². The lowest BCUT2D eigenvalue weighted by Gasteiger charge is -2.17. The number of benzene rings is 1. The minimum atomic E-state index is -0.265. The maximum absolute atomic E-state index is 12.1. The molecule has 1 aliphatic rings. The summed E-state index contributed by atoms with van der Waals surface area (Å²) in [7, 11) is 1.84. The van der Waals surface area contributed by atoms with Gasteiger partial charge in [-0.1, -0.05) is 15.9 Å². The monoisotopic (exact) mass is 353 g/mol. The molecule has 1 fully saturated rings. The van der Waals surface area contributed by atoms with Gasteiger partial charge >= 0.3 is 0 Å². The Labute approximate surface area is 133 Å². The molecule has 1 saturated heterocycles. The fraction of sp³-hybridized carbons (Fsp3) is 0.467. The zero-order chi connectivity index (χ0) is 15.4. The Kier molecular flexibility index (Phi) is 5.36. The maximum atomic E-state index is 12.1. The van der Waals surface area contributed by atoms with Gasteiger partial charge in [-0.3, -0.25) is 9.59 Å². The Morgan fingerprint density at radius 2 is 2.19 bits per heavy atom. The predicted octanol–water partition coefficient (Wildman–Crippen LogP) is 1.45. The molecule has 1 heterocycles. The van der Waals surface area contributed by atoms with Crippen LogP contribution in [0.5, 0.6) is 0 Å². The second-order valence-electron chi connectivity index (χ2n) is 5.23. The van der Waals surface area contributed by atoms with Crippen LogP contribution in [0, 0.1) is 12.8 Å². The summed E-state index contributed by atoms with van der Waals surface area (Å²) in [5.41, 5.74) is 1.92. The third-order valence-electron chi connectivity index (χ3n) is 3.62. The lowest BCUT2D eigenvalue weighted by atomic mass is 10.1. The van der Waals surface area contributed by atoms with Crippen molar-refractivity contribution in [1.82, 2.24) is 10.6 Å². The summed E-state index contributed by atoms with van der Waals surface area (Å²) in [5, 5.41) is 5.82. The number of aryl methyl sites for hydroxylation is 1. The number of anilines is 1. The number of amides is 2. The van der Waals surface area contributed by atoms with Crippen molar-refractivity contribution in [2.75, 3.05) is 31.6 Å². The van der Waals surface area contributed by atoms with Crippen molar-refractivity contribution in [2.24, 2.45) is 5.92 Å². The van der Waals surface area contributed by atoms with E-state index >= 15 is 0 Å². The first kappa shape index (κ1) is 16.0. The van der Waals surface area contributed by atoms with Crippen LogP contribution in [0.3, 0.4) is 0 Å². The molecule has 1 aliphatic heterocycles. The first-order chi connectivity index (χ1) is 10.0. The number of carbonyl (C=O) groups excluding carboxylic acids is 2. The van der Waals surface area contributed by atoms with Crippen molar-refractivity contribution >= 4 is 33.4 Å². The minimum Gasteiger partial charge on any atom is -0.355 e. The first-order valence-electron chi connectivity index (χ1n) is 7.01. The predicted molar refractivity (Wildman–Crippen MR) is 86.3 cm³/mol. The first-order valence-corrected chi connectivity index (χ1v) is 7.81. The van der Waals surface area contributed by atoms with E-state index in [0.29, 0.717) is 13.1 Å². The summed E-state index contributed by atoms with van der Waals surface area (Å²) in [6.07, 6.45) is 0.278. The van der Waals surface area contributed by atoms with E-state index in [0.717, 1.165) is 22.3 Å². The third-order valence-corrected chi connectivity index (χ3v) is 4.51. The van der Waals surface area contributed by atoms with Gasteiger partial charge in [-0.05, 0) is 37.7 Å².